The van der Waals surface area contributed by atoms with Crippen LogP contribution in [0.4, 0.5) is 0 Å². The van der Waals surface area contributed by atoms with Crippen LogP contribution in [0.15, 0.2) is 24.3 Å². The lowest BCUT2D eigenvalue weighted by Gasteiger charge is -2.38. The van der Waals surface area contributed by atoms with Crippen LogP contribution in [0.1, 0.15) is 24.5 Å². The Kier molecular flexibility index (Phi) is 4.76. The van der Waals surface area contributed by atoms with Crippen molar-refractivity contribution in [3.8, 4) is 11.5 Å². The van der Waals surface area contributed by atoms with Gasteiger partial charge in [-0.1, -0.05) is 0 Å². The highest BCUT2D eigenvalue weighted by atomic mass is 16.5. The maximum absolute atomic E-state index is 11.2. The van der Waals surface area contributed by atoms with Crippen LogP contribution in [0.3, 0.4) is 0 Å². The number of aliphatic hydroxyl groups is 1. The molecule has 2 rings (SSSR count). The van der Waals surface area contributed by atoms with Gasteiger partial charge < -0.3 is 19.3 Å². The van der Waals surface area contributed by atoms with Gasteiger partial charge in [0.05, 0.1) is 14.2 Å². The van der Waals surface area contributed by atoms with Crippen LogP contribution in [0.5, 0.6) is 11.5 Å². The second-order valence-electron chi connectivity index (χ2n) is 5.69. The Bertz CT molecular complexity index is 593. The van der Waals surface area contributed by atoms with E-state index in [4.69, 9.17) is 9.47 Å². The minimum atomic E-state index is -0.911. The van der Waals surface area contributed by atoms with E-state index in [0.717, 1.165) is 29.0 Å². The summed E-state index contributed by atoms with van der Waals surface area (Å²) in [4.78, 5) is 11.2. The van der Waals surface area contributed by atoms with E-state index in [0.29, 0.717) is 6.42 Å². The topological polar surface area (TPSA) is 65.0 Å². The molecule has 22 heavy (non-hydrogen) atoms. The SMILES string of the molecule is COC(=O)/C=C/[C@H](O)[C@]1(C)CCc2c(OC)cc(C)cc2O1. The zero-order valence-electron chi connectivity index (χ0n) is 13.4. The fraction of sp³-hybridized carbons (Fsp3) is 0.471. The zero-order valence-corrected chi connectivity index (χ0v) is 13.4. The fourth-order valence-electron chi connectivity index (χ4n) is 2.60. The molecular formula is C17H22O5. The van der Waals surface area contributed by atoms with Crippen LogP contribution >= 0.6 is 0 Å². The number of hydrogen-bond donors (Lipinski definition) is 1. The van der Waals surface area contributed by atoms with Crippen LogP contribution in [0, 0.1) is 6.92 Å². The van der Waals surface area contributed by atoms with Crippen LogP contribution in [-0.2, 0) is 16.0 Å². The molecule has 0 amide bonds. The van der Waals surface area contributed by atoms with Gasteiger partial charge in [-0.15, -0.1) is 0 Å². The van der Waals surface area contributed by atoms with Gasteiger partial charge in [0.2, 0.25) is 0 Å². The van der Waals surface area contributed by atoms with Gasteiger partial charge in [0.15, 0.2) is 0 Å². The Labute approximate surface area is 130 Å². The number of hydrogen-bond acceptors (Lipinski definition) is 5. The summed E-state index contributed by atoms with van der Waals surface area (Å²) < 4.78 is 16.0. The lowest BCUT2D eigenvalue weighted by molar-refractivity contribution is -0.134. The van der Waals surface area contributed by atoms with Gasteiger partial charge in [-0.2, -0.15) is 0 Å². The van der Waals surface area contributed by atoms with Gasteiger partial charge in [0.25, 0.3) is 0 Å². The Morgan fingerprint density at radius 2 is 2.18 bits per heavy atom. The van der Waals surface area contributed by atoms with Gasteiger partial charge in [0.1, 0.15) is 23.2 Å². The molecule has 1 aromatic rings. The first-order valence-electron chi connectivity index (χ1n) is 7.20. The van der Waals surface area contributed by atoms with Gasteiger partial charge in [0, 0.05) is 11.6 Å². The zero-order chi connectivity index (χ0) is 16.3. The standard InChI is InChI=1S/C17H22O5/c1-11-9-13(20-3)12-7-8-17(2,22-14(12)10-11)15(18)5-6-16(19)21-4/h5-6,9-10,15,18H,7-8H2,1-4H3/b6-5+/t15-,17-/m0/s1. The summed E-state index contributed by atoms with van der Waals surface area (Å²) in [6.45, 7) is 3.79. The number of benzene rings is 1. The van der Waals surface area contributed by atoms with E-state index in [1.807, 2.05) is 26.0 Å². The van der Waals surface area contributed by atoms with Gasteiger partial charge in [-0.05, 0) is 50.5 Å². The Morgan fingerprint density at radius 1 is 1.45 bits per heavy atom. The van der Waals surface area contributed by atoms with E-state index < -0.39 is 17.7 Å². The molecule has 0 aliphatic carbocycles. The highest BCUT2D eigenvalue weighted by molar-refractivity contribution is 5.81. The summed E-state index contributed by atoms with van der Waals surface area (Å²) >= 11 is 0. The maximum Gasteiger partial charge on any atom is 0.330 e. The van der Waals surface area contributed by atoms with Crippen molar-refractivity contribution in [1.29, 1.82) is 0 Å². The third-order valence-electron chi connectivity index (χ3n) is 3.99. The van der Waals surface area contributed by atoms with E-state index in [1.54, 1.807) is 7.11 Å². The van der Waals surface area contributed by atoms with Crippen molar-refractivity contribution < 1.29 is 24.1 Å². The van der Waals surface area contributed by atoms with Crippen molar-refractivity contribution in [3.05, 3.63) is 35.4 Å². The summed E-state index contributed by atoms with van der Waals surface area (Å²) in [5, 5.41) is 10.3. The number of esters is 1. The minimum Gasteiger partial charge on any atom is -0.496 e. The van der Waals surface area contributed by atoms with Crippen LogP contribution < -0.4 is 9.47 Å². The molecule has 5 nitrogen and oxygen atoms in total. The molecule has 5 heteroatoms. The predicted molar refractivity (Wildman–Crippen MR) is 82.2 cm³/mol. The Balaban J connectivity index is 2.25. The van der Waals surface area contributed by atoms with E-state index in [9.17, 15) is 9.90 Å². The molecule has 0 spiro atoms. The number of carbonyl (C=O) groups is 1. The molecule has 1 aromatic carbocycles. The molecule has 0 bridgehead atoms. The number of carbonyl (C=O) groups excluding carboxylic acids is 1. The van der Waals surface area contributed by atoms with Crippen molar-refractivity contribution in [3.63, 3.8) is 0 Å². The number of rotatable bonds is 4. The number of fused-ring (bicyclic) bond motifs is 1. The molecule has 1 aliphatic heterocycles. The molecule has 2 atom stereocenters. The second kappa shape index (κ2) is 6.40. The van der Waals surface area contributed by atoms with E-state index in [-0.39, 0.29) is 0 Å². The first-order chi connectivity index (χ1) is 10.4. The third-order valence-corrected chi connectivity index (χ3v) is 3.99. The third kappa shape index (κ3) is 3.25. The summed E-state index contributed by atoms with van der Waals surface area (Å²) in [5.74, 6) is 1.02. The molecule has 0 saturated heterocycles. The van der Waals surface area contributed by atoms with Gasteiger partial charge >= 0.3 is 5.97 Å². The van der Waals surface area contributed by atoms with Crippen molar-refractivity contribution in [1.82, 2.24) is 0 Å². The first kappa shape index (κ1) is 16.4. The van der Waals surface area contributed by atoms with E-state index in [1.165, 1.54) is 19.3 Å². The number of aliphatic hydroxyl groups excluding tert-OH is 1. The predicted octanol–water partition coefficient (Wildman–Crippen LogP) is 2.18. The fourth-order valence-corrected chi connectivity index (χ4v) is 2.60. The highest BCUT2D eigenvalue weighted by Gasteiger charge is 2.38. The largest absolute Gasteiger partial charge is 0.496 e. The van der Waals surface area contributed by atoms with Crippen LogP contribution in [0.25, 0.3) is 0 Å². The number of methoxy groups -OCH3 is 2. The van der Waals surface area contributed by atoms with Crippen molar-refractivity contribution in [2.24, 2.45) is 0 Å². The van der Waals surface area contributed by atoms with Crippen LogP contribution in [0.2, 0.25) is 0 Å². The van der Waals surface area contributed by atoms with Crippen molar-refractivity contribution >= 4 is 5.97 Å². The minimum absolute atomic E-state index is 0.503. The highest BCUT2D eigenvalue weighted by Crippen LogP contribution is 2.40. The quantitative estimate of drug-likeness (QED) is 0.682. The molecule has 1 aliphatic rings. The molecule has 0 radical (unpaired) electrons. The average molecular weight is 306 g/mol. The molecular weight excluding hydrogens is 284 g/mol. The maximum atomic E-state index is 11.2. The van der Waals surface area contributed by atoms with E-state index in [2.05, 4.69) is 4.74 Å². The van der Waals surface area contributed by atoms with Gasteiger partial charge in [-0.3, -0.25) is 0 Å². The number of aryl methyl sites for hydroxylation is 1. The van der Waals surface area contributed by atoms with Crippen LogP contribution in [-0.4, -0.2) is 37.0 Å². The summed E-state index contributed by atoms with van der Waals surface area (Å²) in [7, 11) is 2.93. The molecule has 1 N–H and O–H groups in total. The average Bonchev–Trinajstić information content (AvgIpc) is 2.50. The number of ether oxygens (including phenoxy) is 3. The monoisotopic (exact) mass is 306 g/mol. The Morgan fingerprint density at radius 3 is 2.82 bits per heavy atom. The smallest absolute Gasteiger partial charge is 0.330 e. The molecule has 0 saturated carbocycles. The van der Waals surface area contributed by atoms with Crippen molar-refractivity contribution in [2.75, 3.05) is 14.2 Å². The lowest BCUT2D eigenvalue weighted by Crippen LogP contribution is -2.46. The molecule has 1 heterocycles. The normalized spacial score (nSPS) is 21.9. The molecule has 0 aromatic heterocycles. The van der Waals surface area contributed by atoms with E-state index >= 15 is 0 Å². The van der Waals surface area contributed by atoms with Gasteiger partial charge in [-0.25, -0.2) is 4.79 Å². The summed E-state index contributed by atoms with van der Waals surface area (Å²) in [6.07, 6.45) is 3.06. The molecule has 120 valence electrons. The first-order valence-corrected chi connectivity index (χ1v) is 7.20. The Hall–Kier alpha value is -2.01. The van der Waals surface area contributed by atoms with Crippen molar-refractivity contribution in [2.45, 2.75) is 38.4 Å². The summed E-state index contributed by atoms with van der Waals surface area (Å²) in [6, 6.07) is 3.91. The molecule has 0 fully saturated rings. The molecule has 0 unspecified atom stereocenters. The lowest BCUT2D eigenvalue weighted by atomic mass is 9.87. The summed E-state index contributed by atoms with van der Waals surface area (Å²) in [5.41, 5.74) is 1.24. The second-order valence-corrected chi connectivity index (χ2v) is 5.69.